The first kappa shape index (κ1) is 16.2. The van der Waals surface area contributed by atoms with Crippen LogP contribution in [0.25, 0.3) is 0 Å². The van der Waals surface area contributed by atoms with Gasteiger partial charge in [-0.2, -0.15) is 0 Å². The number of likely N-dealkylation sites (N-methyl/N-ethyl adjacent to an activating group) is 1. The molecule has 1 aromatic rings. The predicted molar refractivity (Wildman–Crippen MR) is 62.7 cm³/mol. The van der Waals surface area contributed by atoms with Crippen molar-refractivity contribution in [2.24, 2.45) is 0 Å². The number of rotatable bonds is 5. The molecular formula is C9H13ClF2N2O2S. The molecule has 0 radical (unpaired) electrons. The fourth-order valence-corrected chi connectivity index (χ4v) is 2.20. The van der Waals surface area contributed by atoms with Gasteiger partial charge in [-0.05, 0) is 19.2 Å². The topological polar surface area (TPSA) is 58.2 Å². The summed E-state index contributed by atoms with van der Waals surface area (Å²) in [5.41, 5.74) is 0. The molecule has 2 N–H and O–H groups in total. The van der Waals surface area contributed by atoms with Gasteiger partial charge in [0, 0.05) is 13.1 Å². The average Bonchev–Trinajstić information content (AvgIpc) is 2.22. The van der Waals surface area contributed by atoms with Gasteiger partial charge in [-0.25, -0.2) is 21.9 Å². The van der Waals surface area contributed by atoms with Crippen LogP contribution in [0.5, 0.6) is 0 Å². The summed E-state index contributed by atoms with van der Waals surface area (Å²) in [5.74, 6) is -2.55. The van der Waals surface area contributed by atoms with Crippen LogP contribution in [0.4, 0.5) is 8.78 Å². The number of benzene rings is 1. The van der Waals surface area contributed by atoms with Crippen molar-refractivity contribution < 1.29 is 17.2 Å². The summed E-state index contributed by atoms with van der Waals surface area (Å²) in [7, 11) is -2.34. The molecule has 0 fully saturated rings. The van der Waals surface area contributed by atoms with Crippen molar-refractivity contribution in [1.82, 2.24) is 10.0 Å². The zero-order valence-corrected chi connectivity index (χ0v) is 10.7. The second kappa shape index (κ2) is 6.85. The number of nitrogens with one attached hydrogen (secondary N) is 2. The predicted octanol–water partition coefficient (Wildman–Crippen LogP) is 0.884. The van der Waals surface area contributed by atoms with Gasteiger partial charge in [-0.15, -0.1) is 12.4 Å². The minimum Gasteiger partial charge on any atom is -0.318 e. The van der Waals surface area contributed by atoms with Crippen molar-refractivity contribution in [2.45, 2.75) is 4.90 Å². The van der Waals surface area contributed by atoms with Crippen LogP contribution < -0.4 is 10.0 Å². The Bertz CT molecular complexity index is 468. The Morgan fingerprint density at radius 2 is 1.88 bits per heavy atom. The van der Waals surface area contributed by atoms with Crippen molar-refractivity contribution >= 4 is 22.4 Å². The Hall–Kier alpha value is -0.760. The SMILES string of the molecule is CNCCNS(=O)(=O)c1cccc(F)c1F.Cl. The maximum atomic E-state index is 13.2. The van der Waals surface area contributed by atoms with E-state index in [2.05, 4.69) is 10.0 Å². The molecule has 8 heteroatoms. The number of sulfonamides is 1. The maximum absolute atomic E-state index is 13.2. The van der Waals surface area contributed by atoms with Gasteiger partial charge in [0.05, 0.1) is 0 Å². The smallest absolute Gasteiger partial charge is 0.243 e. The highest BCUT2D eigenvalue weighted by atomic mass is 35.5. The van der Waals surface area contributed by atoms with Crippen LogP contribution >= 0.6 is 12.4 Å². The highest BCUT2D eigenvalue weighted by Gasteiger charge is 2.20. The lowest BCUT2D eigenvalue weighted by atomic mass is 10.3. The first-order chi connectivity index (χ1) is 7.49. The Balaban J connectivity index is 0.00000256. The van der Waals surface area contributed by atoms with Gasteiger partial charge in [0.2, 0.25) is 10.0 Å². The normalized spacial score (nSPS) is 11.0. The summed E-state index contributed by atoms with van der Waals surface area (Å²) in [6.07, 6.45) is 0. The molecule has 17 heavy (non-hydrogen) atoms. The van der Waals surface area contributed by atoms with E-state index in [0.29, 0.717) is 6.54 Å². The van der Waals surface area contributed by atoms with Crippen LogP contribution in [-0.4, -0.2) is 28.6 Å². The standard InChI is InChI=1S/C9H12F2N2O2S.ClH/c1-12-5-6-13-16(14,15)8-4-2-3-7(10)9(8)11;/h2-4,12-13H,5-6H2,1H3;1H. The van der Waals surface area contributed by atoms with E-state index in [9.17, 15) is 17.2 Å². The van der Waals surface area contributed by atoms with Crippen molar-refractivity contribution in [2.75, 3.05) is 20.1 Å². The lowest BCUT2D eigenvalue weighted by Gasteiger charge is -2.07. The minimum absolute atomic E-state index is 0. The van der Waals surface area contributed by atoms with E-state index in [1.165, 1.54) is 0 Å². The lowest BCUT2D eigenvalue weighted by molar-refractivity contribution is 0.483. The third-order valence-electron chi connectivity index (χ3n) is 1.87. The lowest BCUT2D eigenvalue weighted by Crippen LogP contribution is -2.31. The zero-order chi connectivity index (χ0) is 12.2. The zero-order valence-electron chi connectivity index (χ0n) is 9.04. The molecule has 98 valence electrons. The Morgan fingerprint density at radius 1 is 1.24 bits per heavy atom. The molecule has 0 aliphatic carbocycles. The van der Waals surface area contributed by atoms with Gasteiger partial charge in [-0.3, -0.25) is 0 Å². The van der Waals surface area contributed by atoms with Crippen LogP contribution in [0.15, 0.2) is 23.1 Å². The Morgan fingerprint density at radius 3 is 2.47 bits per heavy atom. The highest BCUT2D eigenvalue weighted by Crippen LogP contribution is 2.16. The van der Waals surface area contributed by atoms with Gasteiger partial charge in [0.15, 0.2) is 11.6 Å². The molecule has 0 heterocycles. The molecule has 0 unspecified atom stereocenters. The fraction of sp³-hybridized carbons (Fsp3) is 0.333. The summed E-state index contributed by atoms with van der Waals surface area (Å²) in [6, 6.07) is 3.02. The van der Waals surface area contributed by atoms with Crippen molar-refractivity contribution in [3.05, 3.63) is 29.8 Å². The van der Waals surface area contributed by atoms with Crippen molar-refractivity contribution in [3.63, 3.8) is 0 Å². The number of halogens is 3. The van der Waals surface area contributed by atoms with Gasteiger partial charge < -0.3 is 5.32 Å². The molecule has 1 rings (SSSR count). The molecule has 0 saturated carbocycles. The van der Waals surface area contributed by atoms with Crippen LogP contribution in [0.3, 0.4) is 0 Å². The molecule has 0 amide bonds. The van der Waals surface area contributed by atoms with E-state index in [1.54, 1.807) is 7.05 Å². The first-order valence-electron chi connectivity index (χ1n) is 4.57. The van der Waals surface area contributed by atoms with E-state index in [4.69, 9.17) is 0 Å². The first-order valence-corrected chi connectivity index (χ1v) is 6.05. The van der Waals surface area contributed by atoms with Gasteiger partial charge >= 0.3 is 0 Å². The number of hydrogen-bond acceptors (Lipinski definition) is 3. The van der Waals surface area contributed by atoms with Crippen LogP contribution in [0.2, 0.25) is 0 Å². The Kier molecular flexibility index (Phi) is 6.54. The monoisotopic (exact) mass is 286 g/mol. The summed E-state index contributed by atoms with van der Waals surface area (Å²) in [5, 5.41) is 2.72. The van der Waals surface area contributed by atoms with E-state index in [1.807, 2.05) is 0 Å². The summed E-state index contributed by atoms with van der Waals surface area (Å²) >= 11 is 0. The highest BCUT2D eigenvalue weighted by molar-refractivity contribution is 7.89. The fourth-order valence-electron chi connectivity index (χ4n) is 1.08. The van der Waals surface area contributed by atoms with Crippen LogP contribution in [0.1, 0.15) is 0 Å². The Labute approximate surface area is 105 Å². The van der Waals surface area contributed by atoms with Gasteiger partial charge in [0.25, 0.3) is 0 Å². The largest absolute Gasteiger partial charge is 0.318 e. The molecule has 0 atom stereocenters. The molecule has 4 nitrogen and oxygen atoms in total. The van der Waals surface area contributed by atoms with Crippen LogP contribution in [-0.2, 0) is 10.0 Å². The summed E-state index contributed by atoms with van der Waals surface area (Å²) in [4.78, 5) is -0.677. The van der Waals surface area contributed by atoms with Gasteiger partial charge in [0.1, 0.15) is 4.90 Å². The molecule has 0 spiro atoms. The molecule has 0 aliphatic rings. The molecule has 1 aromatic carbocycles. The van der Waals surface area contributed by atoms with Crippen molar-refractivity contribution in [1.29, 1.82) is 0 Å². The van der Waals surface area contributed by atoms with Gasteiger partial charge in [-0.1, -0.05) is 6.07 Å². The number of hydrogen-bond donors (Lipinski definition) is 2. The third-order valence-corrected chi connectivity index (χ3v) is 3.35. The quantitative estimate of drug-likeness (QED) is 0.790. The van der Waals surface area contributed by atoms with E-state index in [0.717, 1.165) is 18.2 Å². The molecule has 0 bridgehead atoms. The molecule has 0 saturated heterocycles. The summed E-state index contributed by atoms with van der Waals surface area (Å²) < 4.78 is 51.2. The average molecular weight is 287 g/mol. The van der Waals surface area contributed by atoms with Crippen LogP contribution in [0, 0.1) is 11.6 Å². The summed E-state index contributed by atoms with van der Waals surface area (Å²) in [6.45, 7) is 0.505. The maximum Gasteiger partial charge on any atom is 0.243 e. The molecule has 0 aliphatic heterocycles. The second-order valence-corrected chi connectivity index (χ2v) is 4.79. The van der Waals surface area contributed by atoms with E-state index in [-0.39, 0.29) is 19.0 Å². The molecule has 0 aromatic heterocycles. The van der Waals surface area contributed by atoms with E-state index >= 15 is 0 Å². The van der Waals surface area contributed by atoms with E-state index < -0.39 is 26.6 Å². The second-order valence-electron chi connectivity index (χ2n) is 3.05. The molecular weight excluding hydrogens is 274 g/mol. The minimum atomic E-state index is -3.99. The van der Waals surface area contributed by atoms with Crippen molar-refractivity contribution in [3.8, 4) is 0 Å². The third kappa shape index (κ3) is 4.19.